The maximum absolute atomic E-state index is 10.1. The number of hydrogen-bond donors (Lipinski definition) is 1. The summed E-state index contributed by atoms with van der Waals surface area (Å²) in [6, 6.07) is 0. The molecule has 0 bridgehead atoms. The molecule has 0 amide bonds. The molecule has 1 saturated heterocycles. The van der Waals surface area contributed by atoms with Crippen molar-refractivity contribution in [3.63, 3.8) is 0 Å². The molecule has 1 unspecified atom stereocenters. The Hall–Kier alpha value is -0.0800. The van der Waals surface area contributed by atoms with Crippen LogP contribution >= 0.6 is 0 Å². The van der Waals surface area contributed by atoms with Crippen LogP contribution in [0.5, 0.6) is 0 Å². The lowest BCUT2D eigenvalue weighted by molar-refractivity contribution is -0.0753. The van der Waals surface area contributed by atoms with Crippen molar-refractivity contribution in [2.75, 3.05) is 13.2 Å². The van der Waals surface area contributed by atoms with Gasteiger partial charge in [0.1, 0.15) is 0 Å². The molecule has 0 aromatic heterocycles. The molecular formula is C10H20O2. The SMILES string of the molecule is CCC(C)CC1(O)CCOCC1. The summed E-state index contributed by atoms with van der Waals surface area (Å²) in [5, 5.41) is 10.1. The number of rotatable bonds is 3. The normalized spacial score (nSPS) is 25.2. The van der Waals surface area contributed by atoms with Gasteiger partial charge in [-0.05, 0) is 25.2 Å². The van der Waals surface area contributed by atoms with Crippen molar-refractivity contribution in [2.45, 2.75) is 45.1 Å². The van der Waals surface area contributed by atoms with Gasteiger partial charge < -0.3 is 9.84 Å². The first-order chi connectivity index (χ1) is 5.66. The third-order valence-corrected chi connectivity index (χ3v) is 2.85. The Morgan fingerprint density at radius 1 is 1.42 bits per heavy atom. The van der Waals surface area contributed by atoms with E-state index in [1.165, 1.54) is 0 Å². The van der Waals surface area contributed by atoms with Crippen LogP contribution in [0.4, 0.5) is 0 Å². The van der Waals surface area contributed by atoms with Crippen molar-refractivity contribution in [1.29, 1.82) is 0 Å². The molecule has 1 N–H and O–H groups in total. The molecule has 1 atom stereocenters. The van der Waals surface area contributed by atoms with Gasteiger partial charge in [0, 0.05) is 13.2 Å². The lowest BCUT2D eigenvalue weighted by Crippen LogP contribution is -2.37. The average molecular weight is 172 g/mol. The molecule has 2 nitrogen and oxygen atoms in total. The lowest BCUT2D eigenvalue weighted by Gasteiger charge is -2.33. The number of ether oxygens (including phenoxy) is 1. The molecular weight excluding hydrogens is 152 g/mol. The van der Waals surface area contributed by atoms with Crippen molar-refractivity contribution in [1.82, 2.24) is 0 Å². The zero-order chi connectivity index (χ0) is 9.03. The first-order valence-electron chi connectivity index (χ1n) is 4.96. The summed E-state index contributed by atoms with van der Waals surface area (Å²) in [7, 11) is 0. The molecule has 1 aliphatic rings. The Morgan fingerprint density at radius 2 is 2.00 bits per heavy atom. The van der Waals surface area contributed by atoms with E-state index in [4.69, 9.17) is 4.74 Å². The van der Waals surface area contributed by atoms with Gasteiger partial charge >= 0.3 is 0 Å². The van der Waals surface area contributed by atoms with Crippen LogP contribution in [0.15, 0.2) is 0 Å². The van der Waals surface area contributed by atoms with Crippen molar-refractivity contribution < 1.29 is 9.84 Å². The summed E-state index contributed by atoms with van der Waals surface area (Å²) in [5.74, 6) is 0.632. The van der Waals surface area contributed by atoms with Crippen LogP contribution in [0.3, 0.4) is 0 Å². The van der Waals surface area contributed by atoms with Crippen LogP contribution < -0.4 is 0 Å². The molecule has 1 rings (SSSR count). The maximum Gasteiger partial charge on any atom is 0.0694 e. The minimum Gasteiger partial charge on any atom is -0.390 e. The summed E-state index contributed by atoms with van der Waals surface area (Å²) in [6.07, 6.45) is 3.73. The van der Waals surface area contributed by atoms with Gasteiger partial charge in [0.15, 0.2) is 0 Å². The van der Waals surface area contributed by atoms with E-state index in [0.29, 0.717) is 5.92 Å². The van der Waals surface area contributed by atoms with Crippen LogP contribution in [-0.2, 0) is 4.74 Å². The van der Waals surface area contributed by atoms with Crippen LogP contribution in [0.2, 0.25) is 0 Å². The second-order valence-corrected chi connectivity index (χ2v) is 4.05. The Labute approximate surface area is 74.9 Å². The van der Waals surface area contributed by atoms with Gasteiger partial charge in [-0.15, -0.1) is 0 Å². The fraction of sp³-hybridized carbons (Fsp3) is 1.00. The van der Waals surface area contributed by atoms with E-state index in [9.17, 15) is 5.11 Å². The summed E-state index contributed by atoms with van der Waals surface area (Å²) in [4.78, 5) is 0. The Morgan fingerprint density at radius 3 is 2.50 bits per heavy atom. The fourth-order valence-electron chi connectivity index (χ4n) is 1.75. The third kappa shape index (κ3) is 2.76. The molecule has 1 fully saturated rings. The summed E-state index contributed by atoms with van der Waals surface area (Å²) < 4.78 is 5.22. The molecule has 72 valence electrons. The molecule has 0 aromatic carbocycles. The molecule has 0 spiro atoms. The van der Waals surface area contributed by atoms with E-state index in [0.717, 1.165) is 38.9 Å². The average Bonchev–Trinajstić information content (AvgIpc) is 2.05. The molecule has 1 aliphatic heterocycles. The summed E-state index contributed by atoms with van der Waals surface area (Å²) in [6.45, 7) is 5.83. The second-order valence-electron chi connectivity index (χ2n) is 4.05. The molecule has 0 aliphatic carbocycles. The predicted octanol–water partition coefficient (Wildman–Crippen LogP) is 1.96. The second kappa shape index (κ2) is 4.24. The van der Waals surface area contributed by atoms with Crippen LogP contribution in [0, 0.1) is 5.92 Å². The highest BCUT2D eigenvalue weighted by Gasteiger charge is 2.30. The summed E-state index contributed by atoms with van der Waals surface area (Å²) in [5.41, 5.74) is -0.423. The van der Waals surface area contributed by atoms with E-state index in [-0.39, 0.29) is 0 Å². The van der Waals surface area contributed by atoms with Crippen LogP contribution in [0.25, 0.3) is 0 Å². The molecule has 1 heterocycles. The van der Waals surface area contributed by atoms with Crippen LogP contribution in [0.1, 0.15) is 39.5 Å². The van der Waals surface area contributed by atoms with E-state index < -0.39 is 5.60 Å². The van der Waals surface area contributed by atoms with Gasteiger partial charge in [-0.1, -0.05) is 20.3 Å². The Bertz CT molecular complexity index is 128. The van der Waals surface area contributed by atoms with Crippen molar-refractivity contribution >= 4 is 0 Å². The van der Waals surface area contributed by atoms with E-state index >= 15 is 0 Å². The summed E-state index contributed by atoms with van der Waals surface area (Å²) >= 11 is 0. The minimum atomic E-state index is -0.423. The molecule has 0 aromatic rings. The minimum absolute atomic E-state index is 0.423. The molecule has 0 radical (unpaired) electrons. The van der Waals surface area contributed by atoms with Crippen LogP contribution in [-0.4, -0.2) is 23.9 Å². The van der Waals surface area contributed by atoms with Gasteiger partial charge in [0.25, 0.3) is 0 Å². The van der Waals surface area contributed by atoms with Gasteiger partial charge in [-0.3, -0.25) is 0 Å². The molecule has 0 saturated carbocycles. The first kappa shape index (κ1) is 10.0. The molecule has 12 heavy (non-hydrogen) atoms. The third-order valence-electron chi connectivity index (χ3n) is 2.85. The predicted molar refractivity (Wildman–Crippen MR) is 49.1 cm³/mol. The molecule has 2 heteroatoms. The zero-order valence-electron chi connectivity index (χ0n) is 8.18. The van der Waals surface area contributed by atoms with E-state index in [1.807, 2.05) is 0 Å². The van der Waals surface area contributed by atoms with Crippen molar-refractivity contribution in [3.05, 3.63) is 0 Å². The van der Waals surface area contributed by atoms with Gasteiger partial charge in [-0.25, -0.2) is 0 Å². The first-order valence-corrected chi connectivity index (χ1v) is 4.96. The highest BCUT2D eigenvalue weighted by atomic mass is 16.5. The number of aliphatic hydroxyl groups is 1. The van der Waals surface area contributed by atoms with E-state index in [2.05, 4.69) is 13.8 Å². The lowest BCUT2D eigenvalue weighted by atomic mass is 9.84. The highest BCUT2D eigenvalue weighted by molar-refractivity contribution is 4.82. The maximum atomic E-state index is 10.1. The Kier molecular flexibility index (Phi) is 3.53. The van der Waals surface area contributed by atoms with Crippen molar-refractivity contribution in [2.24, 2.45) is 5.92 Å². The fourth-order valence-corrected chi connectivity index (χ4v) is 1.75. The van der Waals surface area contributed by atoms with Crippen molar-refractivity contribution in [3.8, 4) is 0 Å². The monoisotopic (exact) mass is 172 g/mol. The highest BCUT2D eigenvalue weighted by Crippen LogP contribution is 2.28. The van der Waals surface area contributed by atoms with Gasteiger partial charge in [0.05, 0.1) is 5.60 Å². The number of hydrogen-bond acceptors (Lipinski definition) is 2. The topological polar surface area (TPSA) is 29.5 Å². The van der Waals surface area contributed by atoms with Gasteiger partial charge in [-0.2, -0.15) is 0 Å². The van der Waals surface area contributed by atoms with E-state index in [1.54, 1.807) is 0 Å². The van der Waals surface area contributed by atoms with Gasteiger partial charge in [0.2, 0.25) is 0 Å². The Balaban J connectivity index is 2.35. The quantitative estimate of drug-likeness (QED) is 0.705. The standard InChI is InChI=1S/C10H20O2/c1-3-9(2)8-10(11)4-6-12-7-5-10/h9,11H,3-8H2,1-2H3. The smallest absolute Gasteiger partial charge is 0.0694 e. The zero-order valence-corrected chi connectivity index (χ0v) is 8.18. The largest absolute Gasteiger partial charge is 0.390 e.